The molecular weight excluding hydrogens is 922 g/mol. The number of hydrogen-bond donors (Lipinski definition) is 1. The predicted molar refractivity (Wildman–Crippen MR) is 242 cm³/mol. The number of phenolic OH excluding ortho intramolecular Hbond substituents is 1. The van der Waals surface area contributed by atoms with E-state index in [0.717, 1.165) is 88.5 Å². The zero-order chi connectivity index (χ0) is 41.0. The van der Waals surface area contributed by atoms with Gasteiger partial charge in [-0.2, -0.15) is 0 Å². The Bertz CT molecular complexity index is 3280. The number of imidazole rings is 1. The van der Waals surface area contributed by atoms with E-state index in [4.69, 9.17) is 18.8 Å². The van der Waals surface area contributed by atoms with Gasteiger partial charge in [-0.3, -0.25) is 9.55 Å². The second kappa shape index (κ2) is 14.3. The van der Waals surface area contributed by atoms with Crippen LogP contribution in [0.4, 0.5) is 0 Å². The second-order valence-corrected chi connectivity index (χ2v) is 18.2. The summed E-state index contributed by atoms with van der Waals surface area (Å²) in [5, 5.41) is 16.3. The molecular formula is C53H46N3O3Pt-. The van der Waals surface area contributed by atoms with Crippen LogP contribution in [-0.4, -0.2) is 19.6 Å². The molecule has 1 N–H and O–H groups in total. The molecule has 0 aliphatic rings. The van der Waals surface area contributed by atoms with Gasteiger partial charge in [-0.1, -0.05) is 133 Å². The third-order valence-electron chi connectivity index (χ3n) is 11.7. The Morgan fingerprint density at radius 1 is 0.683 bits per heavy atom. The van der Waals surface area contributed by atoms with Gasteiger partial charge >= 0.3 is 0 Å². The Labute approximate surface area is 364 Å². The SMILES string of the molecule is CC(C)c1cc2c(cc1-n1c(-c3cc(C(C)(C)C)cc(C(C)(C)C)c3O)nc3c4c(ccc31)oc1ccc(-c3cc(-c5ccccc5)ccn3)[c-]c14)oc1ccccc12.[Pt]. The Morgan fingerprint density at radius 2 is 1.42 bits per heavy atom. The van der Waals surface area contributed by atoms with Crippen LogP contribution in [0.1, 0.15) is 78.0 Å². The minimum atomic E-state index is -0.335. The molecule has 6 nitrogen and oxygen atoms in total. The Kier molecular flexibility index (Phi) is 9.44. The van der Waals surface area contributed by atoms with Crippen molar-refractivity contribution in [2.75, 3.05) is 0 Å². The van der Waals surface area contributed by atoms with Gasteiger partial charge in [-0.25, -0.2) is 4.98 Å². The third-order valence-corrected chi connectivity index (χ3v) is 11.7. The summed E-state index contributed by atoms with van der Waals surface area (Å²) in [7, 11) is 0. The first-order chi connectivity index (χ1) is 28.2. The van der Waals surface area contributed by atoms with Crippen molar-refractivity contribution in [1.29, 1.82) is 0 Å². The fourth-order valence-corrected chi connectivity index (χ4v) is 8.53. The van der Waals surface area contributed by atoms with Gasteiger partial charge in [0.1, 0.15) is 22.7 Å². The van der Waals surface area contributed by atoms with E-state index < -0.39 is 0 Å². The average molecular weight is 968 g/mol. The van der Waals surface area contributed by atoms with Gasteiger partial charge < -0.3 is 13.9 Å². The van der Waals surface area contributed by atoms with E-state index in [0.29, 0.717) is 22.6 Å². The van der Waals surface area contributed by atoms with E-state index >= 15 is 0 Å². The first-order valence-corrected chi connectivity index (χ1v) is 20.4. The molecule has 0 atom stereocenters. The molecule has 0 aliphatic carbocycles. The molecule has 4 aromatic heterocycles. The number of aromatic hydroxyl groups is 1. The molecule has 6 aromatic carbocycles. The zero-order valence-corrected chi connectivity index (χ0v) is 37.3. The Hall–Kier alpha value is -5.97. The molecule has 0 aliphatic heterocycles. The summed E-state index contributed by atoms with van der Waals surface area (Å²) in [4.78, 5) is 10.4. The summed E-state index contributed by atoms with van der Waals surface area (Å²) in [6.45, 7) is 17.5. The summed E-state index contributed by atoms with van der Waals surface area (Å²) >= 11 is 0. The molecule has 7 heteroatoms. The van der Waals surface area contributed by atoms with E-state index in [-0.39, 0.29) is 43.6 Å². The summed E-state index contributed by atoms with van der Waals surface area (Å²) < 4.78 is 15.3. The van der Waals surface area contributed by atoms with Crippen LogP contribution in [0.3, 0.4) is 0 Å². The molecule has 4 heterocycles. The Balaban J connectivity index is 0.00000462. The van der Waals surface area contributed by atoms with Gasteiger partial charge in [0, 0.05) is 55.4 Å². The van der Waals surface area contributed by atoms with Crippen LogP contribution in [0.15, 0.2) is 130 Å². The summed E-state index contributed by atoms with van der Waals surface area (Å²) in [6.07, 6.45) is 1.85. The van der Waals surface area contributed by atoms with Crippen molar-refractivity contribution in [3.63, 3.8) is 0 Å². The number of hydrogen-bond acceptors (Lipinski definition) is 5. The second-order valence-electron chi connectivity index (χ2n) is 18.2. The fourth-order valence-electron chi connectivity index (χ4n) is 8.53. The molecule has 0 bridgehead atoms. The number of pyridine rings is 1. The molecule has 302 valence electrons. The molecule has 0 fully saturated rings. The standard InChI is InChI=1S/C53H46N3O3.Pt/c1-30(2)36-28-37-35-16-12-13-17-44(35)59-47(37)29-43(36)56-42-19-21-46-48(49(42)55-51(56)39-26-34(52(3,4)5)27-40(50(39)57)53(6,7)8)38-24-33(18-20-45(38)58-46)41-25-32(22-23-54-41)31-14-10-9-11-15-31;/h9-23,25-30,57H,1-8H3;/q-1;. The largest absolute Gasteiger partial charge is 0.507 e. The number of aromatic nitrogens is 3. The van der Waals surface area contributed by atoms with Crippen LogP contribution in [0.2, 0.25) is 0 Å². The normalized spacial score (nSPS) is 12.4. The van der Waals surface area contributed by atoms with E-state index in [1.165, 1.54) is 0 Å². The molecule has 0 unspecified atom stereocenters. The maximum Gasteiger partial charge on any atom is 0.148 e. The smallest absolute Gasteiger partial charge is 0.148 e. The molecule has 0 saturated carbocycles. The van der Waals surface area contributed by atoms with Crippen molar-refractivity contribution in [2.45, 2.75) is 72.1 Å². The average Bonchev–Trinajstić information content (AvgIpc) is 3.90. The number of furan rings is 2. The van der Waals surface area contributed by atoms with Gasteiger partial charge in [0.15, 0.2) is 0 Å². The third kappa shape index (κ3) is 6.44. The first kappa shape index (κ1) is 39.5. The molecule has 0 saturated heterocycles. The maximum atomic E-state index is 12.4. The zero-order valence-electron chi connectivity index (χ0n) is 35.0. The van der Waals surface area contributed by atoms with E-state index in [2.05, 4.69) is 127 Å². The predicted octanol–water partition coefficient (Wildman–Crippen LogP) is 14.4. The molecule has 0 radical (unpaired) electrons. The van der Waals surface area contributed by atoms with E-state index in [1.807, 2.05) is 60.8 Å². The van der Waals surface area contributed by atoms with Crippen molar-refractivity contribution in [2.24, 2.45) is 0 Å². The maximum absolute atomic E-state index is 12.4. The first-order valence-electron chi connectivity index (χ1n) is 20.4. The van der Waals surface area contributed by atoms with Crippen LogP contribution in [0, 0.1) is 6.07 Å². The number of nitrogens with zero attached hydrogens (tertiary/aromatic N) is 3. The van der Waals surface area contributed by atoms with E-state index in [1.54, 1.807) is 0 Å². The van der Waals surface area contributed by atoms with Gasteiger partial charge in [-0.05, 0) is 80.8 Å². The number of benzene rings is 6. The van der Waals surface area contributed by atoms with Crippen molar-refractivity contribution in [3.05, 3.63) is 144 Å². The van der Waals surface area contributed by atoms with Crippen molar-refractivity contribution in [1.82, 2.24) is 14.5 Å². The van der Waals surface area contributed by atoms with Crippen molar-refractivity contribution >= 4 is 54.9 Å². The van der Waals surface area contributed by atoms with Crippen LogP contribution < -0.4 is 0 Å². The van der Waals surface area contributed by atoms with Gasteiger partial charge in [-0.15, -0.1) is 12.1 Å². The summed E-state index contributed by atoms with van der Waals surface area (Å²) in [5.41, 5.74) is 12.8. The quantitative estimate of drug-likeness (QED) is 0.174. The van der Waals surface area contributed by atoms with Gasteiger partial charge in [0.2, 0.25) is 0 Å². The molecule has 0 amide bonds. The van der Waals surface area contributed by atoms with Crippen LogP contribution in [0.25, 0.3) is 94.4 Å². The number of fused-ring (bicyclic) bond motifs is 8. The molecule has 10 rings (SSSR count). The number of phenols is 1. The topological polar surface area (TPSA) is 77.2 Å². The monoisotopic (exact) mass is 967 g/mol. The minimum absolute atomic E-state index is 0. The van der Waals surface area contributed by atoms with Gasteiger partial charge in [0.05, 0.1) is 33.5 Å². The fraction of sp³-hybridized carbons (Fsp3) is 0.208. The summed E-state index contributed by atoms with van der Waals surface area (Å²) in [6, 6.07) is 43.2. The van der Waals surface area contributed by atoms with Crippen LogP contribution in [-0.2, 0) is 31.9 Å². The van der Waals surface area contributed by atoms with Crippen molar-refractivity contribution < 1.29 is 35.0 Å². The summed E-state index contributed by atoms with van der Waals surface area (Å²) in [5.74, 6) is 1.02. The molecule has 0 spiro atoms. The number of para-hydroxylation sites is 1. The van der Waals surface area contributed by atoms with E-state index in [9.17, 15) is 5.11 Å². The van der Waals surface area contributed by atoms with Crippen LogP contribution >= 0.6 is 0 Å². The molecule has 60 heavy (non-hydrogen) atoms. The van der Waals surface area contributed by atoms with Crippen LogP contribution in [0.5, 0.6) is 5.75 Å². The van der Waals surface area contributed by atoms with Gasteiger partial charge in [0.25, 0.3) is 0 Å². The minimum Gasteiger partial charge on any atom is -0.507 e. The van der Waals surface area contributed by atoms with Crippen molar-refractivity contribution in [3.8, 4) is 45.2 Å². The Morgan fingerprint density at radius 3 is 2.17 bits per heavy atom. The molecule has 10 aromatic rings. The number of rotatable bonds is 5.